The summed E-state index contributed by atoms with van der Waals surface area (Å²) in [5.41, 5.74) is 2.48. The van der Waals surface area contributed by atoms with Gasteiger partial charge < -0.3 is 10.6 Å². The molecule has 2 N–H and O–H groups in total. The molecule has 0 aromatic carbocycles. The first-order valence-electron chi connectivity index (χ1n) is 4.88. The Morgan fingerprint density at radius 3 is 2.64 bits per heavy atom. The molecule has 0 unspecified atom stereocenters. The van der Waals surface area contributed by atoms with Crippen molar-refractivity contribution in [3.8, 4) is 0 Å². The number of hydrogen-bond donors (Lipinski definition) is 2. The molecular formula is C11H19N3. The average molecular weight is 193 g/mol. The quantitative estimate of drug-likeness (QED) is 0.771. The van der Waals surface area contributed by atoms with Crippen LogP contribution in [-0.4, -0.2) is 17.6 Å². The molecule has 0 atom stereocenters. The fraction of sp³-hybridized carbons (Fsp3) is 0.545. The van der Waals surface area contributed by atoms with Crippen LogP contribution in [0.1, 0.15) is 26.3 Å². The van der Waals surface area contributed by atoms with Crippen molar-refractivity contribution < 1.29 is 0 Å². The van der Waals surface area contributed by atoms with Crippen LogP contribution >= 0.6 is 0 Å². The van der Waals surface area contributed by atoms with Gasteiger partial charge in [-0.2, -0.15) is 0 Å². The molecule has 1 heterocycles. The van der Waals surface area contributed by atoms with Gasteiger partial charge in [0.25, 0.3) is 0 Å². The average Bonchev–Trinajstić information content (AvgIpc) is 2.14. The standard InChI is InChI=1S/C11H19N3/c1-11(2,3)14-7-9-5-6-13-8-10(9)12-4/h5-6,8,12,14H,7H2,1-4H3. The van der Waals surface area contributed by atoms with Crippen LogP contribution in [0.25, 0.3) is 0 Å². The molecule has 0 spiro atoms. The molecule has 0 aliphatic rings. The van der Waals surface area contributed by atoms with Crippen LogP contribution < -0.4 is 10.6 Å². The maximum Gasteiger partial charge on any atom is 0.0569 e. The van der Waals surface area contributed by atoms with E-state index in [1.54, 1.807) is 0 Å². The van der Waals surface area contributed by atoms with Crippen molar-refractivity contribution in [3.63, 3.8) is 0 Å². The number of nitrogens with zero attached hydrogens (tertiary/aromatic N) is 1. The van der Waals surface area contributed by atoms with E-state index in [2.05, 4.69) is 36.4 Å². The first-order chi connectivity index (χ1) is 6.53. The Balaban J connectivity index is 2.67. The SMILES string of the molecule is CNc1cnccc1CNC(C)(C)C. The van der Waals surface area contributed by atoms with Crippen LogP contribution in [0.3, 0.4) is 0 Å². The zero-order valence-corrected chi connectivity index (χ0v) is 9.39. The van der Waals surface area contributed by atoms with Crippen LogP contribution in [0.4, 0.5) is 5.69 Å². The minimum atomic E-state index is 0.147. The summed E-state index contributed by atoms with van der Waals surface area (Å²) in [6.07, 6.45) is 3.67. The number of anilines is 1. The molecule has 78 valence electrons. The smallest absolute Gasteiger partial charge is 0.0569 e. The summed E-state index contributed by atoms with van der Waals surface area (Å²) in [4.78, 5) is 4.07. The highest BCUT2D eigenvalue weighted by Crippen LogP contribution is 2.13. The van der Waals surface area contributed by atoms with Gasteiger partial charge in [-0.25, -0.2) is 0 Å². The molecule has 1 aromatic heterocycles. The predicted molar refractivity (Wildman–Crippen MR) is 60.4 cm³/mol. The van der Waals surface area contributed by atoms with Crippen molar-refractivity contribution in [2.45, 2.75) is 32.9 Å². The van der Waals surface area contributed by atoms with Gasteiger partial charge in [0, 0.05) is 25.3 Å². The Bertz CT molecular complexity index is 289. The highest BCUT2D eigenvalue weighted by molar-refractivity contribution is 5.48. The normalized spacial score (nSPS) is 11.4. The van der Waals surface area contributed by atoms with E-state index in [9.17, 15) is 0 Å². The second-order valence-corrected chi connectivity index (χ2v) is 4.39. The second-order valence-electron chi connectivity index (χ2n) is 4.39. The third-order valence-corrected chi connectivity index (χ3v) is 1.99. The Hall–Kier alpha value is -1.09. The zero-order valence-electron chi connectivity index (χ0n) is 9.39. The van der Waals surface area contributed by atoms with E-state index in [0.29, 0.717) is 0 Å². The molecule has 3 nitrogen and oxygen atoms in total. The van der Waals surface area contributed by atoms with Crippen molar-refractivity contribution in [3.05, 3.63) is 24.0 Å². The lowest BCUT2D eigenvalue weighted by atomic mass is 10.1. The lowest BCUT2D eigenvalue weighted by Gasteiger charge is -2.21. The van der Waals surface area contributed by atoms with Gasteiger partial charge in [-0.05, 0) is 32.4 Å². The molecule has 3 heteroatoms. The number of pyridine rings is 1. The Labute approximate surface area is 85.9 Å². The van der Waals surface area contributed by atoms with Crippen LogP contribution in [-0.2, 0) is 6.54 Å². The Morgan fingerprint density at radius 2 is 2.07 bits per heavy atom. The molecule has 14 heavy (non-hydrogen) atoms. The van der Waals surface area contributed by atoms with E-state index in [4.69, 9.17) is 0 Å². The minimum absolute atomic E-state index is 0.147. The number of nitrogens with one attached hydrogen (secondary N) is 2. The molecule has 0 radical (unpaired) electrons. The summed E-state index contributed by atoms with van der Waals surface area (Å²) in [6.45, 7) is 7.34. The molecule has 0 saturated heterocycles. The lowest BCUT2D eigenvalue weighted by Crippen LogP contribution is -2.35. The van der Waals surface area contributed by atoms with E-state index in [1.165, 1.54) is 5.56 Å². The molecule has 0 bridgehead atoms. The van der Waals surface area contributed by atoms with Crippen molar-refractivity contribution in [2.24, 2.45) is 0 Å². The summed E-state index contributed by atoms with van der Waals surface area (Å²) in [5.74, 6) is 0. The van der Waals surface area contributed by atoms with Gasteiger partial charge in [-0.3, -0.25) is 4.98 Å². The van der Waals surface area contributed by atoms with E-state index in [1.807, 2.05) is 25.5 Å². The molecule has 0 amide bonds. The first kappa shape index (κ1) is 11.0. The van der Waals surface area contributed by atoms with Gasteiger partial charge >= 0.3 is 0 Å². The van der Waals surface area contributed by atoms with Gasteiger partial charge in [-0.1, -0.05) is 0 Å². The summed E-state index contributed by atoms with van der Waals surface area (Å²) in [6, 6.07) is 2.03. The number of hydrogen-bond acceptors (Lipinski definition) is 3. The summed E-state index contributed by atoms with van der Waals surface area (Å²) < 4.78 is 0. The van der Waals surface area contributed by atoms with Gasteiger partial charge in [-0.15, -0.1) is 0 Å². The minimum Gasteiger partial charge on any atom is -0.387 e. The second kappa shape index (κ2) is 4.42. The van der Waals surface area contributed by atoms with Crippen LogP contribution in [0.15, 0.2) is 18.5 Å². The van der Waals surface area contributed by atoms with E-state index >= 15 is 0 Å². The fourth-order valence-electron chi connectivity index (χ4n) is 1.16. The topological polar surface area (TPSA) is 37.0 Å². The third kappa shape index (κ3) is 3.34. The van der Waals surface area contributed by atoms with Gasteiger partial charge in [0.1, 0.15) is 0 Å². The maximum absolute atomic E-state index is 4.07. The first-order valence-corrected chi connectivity index (χ1v) is 4.88. The third-order valence-electron chi connectivity index (χ3n) is 1.99. The molecule has 1 rings (SSSR count). The molecular weight excluding hydrogens is 174 g/mol. The number of aromatic nitrogens is 1. The zero-order chi connectivity index (χ0) is 10.6. The number of rotatable bonds is 3. The largest absolute Gasteiger partial charge is 0.387 e. The van der Waals surface area contributed by atoms with Crippen molar-refractivity contribution in [1.82, 2.24) is 10.3 Å². The maximum atomic E-state index is 4.07. The van der Waals surface area contributed by atoms with Gasteiger partial charge in [0.2, 0.25) is 0 Å². The Morgan fingerprint density at radius 1 is 1.36 bits per heavy atom. The molecule has 1 aromatic rings. The molecule has 0 aliphatic carbocycles. The summed E-state index contributed by atoms with van der Waals surface area (Å²) >= 11 is 0. The monoisotopic (exact) mass is 193 g/mol. The van der Waals surface area contributed by atoms with Crippen LogP contribution in [0, 0.1) is 0 Å². The van der Waals surface area contributed by atoms with Gasteiger partial charge in [0.15, 0.2) is 0 Å². The molecule has 0 aliphatic heterocycles. The van der Waals surface area contributed by atoms with Crippen molar-refractivity contribution >= 4 is 5.69 Å². The van der Waals surface area contributed by atoms with E-state index in [0.717, 1.165) is 12.2 Å². The highest BCUT2D eigenvalue weighted by atomic mass is 15.0. The van der Waals surface area contributed by atoms with Crippen LogP contribution in [0.5, 0.6) is 0 Å². The highest BCUT2D eigenvalue weighted by Gasteiger charge is 2.09. The lowest BCUT2D eigenvalue weighted by molar-refractivity contribution is 0.424. The molecule has 0 saturated carbocycles. The molecule has 0 fully saturated rings. The summed E-state index contributed by atoms with van der Waals surface area (Å²) in [5, 5.41) is 6.57. The van der Waals surface area contributed by atoms with Crippen molar-refractivity contribution in [2.75, 3.05) is 12.4 Å². The fourth-order valence-corrected chi connectivity index (χ4v) is 1.16. The predicted octanol–water partition coefficient (Wildman–Crippen LogP) is 2.01. The Kier molecular flexibility index (Phi) is 3.47. The summed E-state index contributed by atoms with van der Waals surface area (Å²) in [7, 11) is 1.91. The van der Waals surface area contributed by atoms with Crippen molar-refractivity contribution in [1.29, 1.82) is 0 Å². The van der Waals surface area contributed by atoms with E-state index < -0.39 is 0 Å². The van der Waals surface area contributed by atoms with Gasteiger partial charge in [0.05, 0.1) is 11.9 Å². The van der Waals surface area contributed by atoms with Crippen LogP contribution in [0.2, 0.25) is 0 Å². The van der Waals surface area contributed by atoms with E-state index in [-0.39, 0.29) is 5.54 Å².